The number of carbonyl (C=O) groups excluding carboxylic acids is 1. The first-order valence-electron chi connectivity index (χ1n) is 22.5. The molecule has 0 saturated carbocycles. The second-order valence-corrected chi connectivity index (χ2v) is 17.5. The summed E-state index contributed by atoms with van der Waals surface area (Å²) in [5.74, 6) is -6.03. The molecule has 65 heavy (non-hydrogen) atoms. The number of ether oxygens (including phenoxy) is 5. The molecule has 17 nitrogen and oxygen atoms in total. The number of allylic oxidation sites excluding steroid dienone is 12. The van der Waals surface area contributed by atoms with E-state index in [4.69, 9.17) is 23.7 Å². The quantitative estimate of drug-likeness (QED) is 0.181. The van der Waals surface area contributed by atoms with Crippen molar-refractivity contribution in [3.05, 3.63) is 85.1 Å². The van der Waals surface area contributed by atoms with Gasteiger partial charge in [0.15, 0.2) is 12.1 Å². The highest BCUT2D eigenvalue weighted by atomic mass is 16.7. The minimum atomic E-state index is -1.76. The summed E-state index contributed by atoms with van der Waals surface area (Å²) in [7, 11) is 1.26. The van der Waals surface area contributed by atoms with Crippen LogP contribution in [-0.4, -0.2) is 162 Å². The number of esters is 1. The Morgan fingerprint density at radius 2 is 1.22 bits per heavy atom. The Morgan fingerprint density at radius 3 is 1.80 bits per heavy atom. The molecular formula is C48H74O17. The molecule has 0 spiro atoms. The van der Waals surface area contributed by atoms with Gasteiger partial charge in [-0.2, -0.15) is 0 Å². The zero-order valence-electron chi connectivity index (χ0n) is 38.1. The number of rotatable bonds is 4. The number of carboxylic acid groups (broad SMARTS) is 1. The van der Waals surface area contributed by atoms with Gasteiger partial charge in [-0.15, -0.1) is 0 Å². The van der Waals surface area contributed by atoms with Gasteiger partial charge in [0.05, 0.1) is 73.6 Å². The van der Waals surface area contributed by atoms with Crippen LogP contribution >= 0.6 is 0 Å². The van der Waals surface area contributed by atoms with Crippen molar-refractivity contribution in [2.24, 2.45) is 17.8 Å². The molecule has 17 heteroatoms. The highest BCUT2D eigenvalue weighted by molar-refractivity contribution is 5.71. The lowest BCUT2D eigenvalue weighted by molar-refractivity contribution is -0.316. The van der Waals surface area contributed by atoms with E-state index in [0.717, 1.165) is 0 Å². The Bertz CT molecular complexity index is 1640. The summed E-state index contributed by atoms with van der Waals surface area (Å²) in [5.41, 5.74) is 0. The van der Waals surface area contributed by atoms with Crippen molar-refractivity contribution in [1.82, 2.24) is 0 Å². The van der Waals surface area contributed by atoms with Gasteiger partial charge in [0.2, 0.25) is 0 Å². The third kappa shape index (κ3) is 19.0. The minimum absolute atomic E-state index is 0.0323. The van der Waals surface area contributed by atoms with Gasteiger partial charge in [0.25, 0.3) is 0 Å². The Morgan fingerprint density at radius 1 is 0.631 bits per heavy atom. The first-order chi connectivity index (χ1) is 30.7. The van der Waals surface area contributed by atoms with E-state index >= 15 is 0 Å². The molecule has 3 heterocycles. The summed E-state index contributed by atoms with van der Waals surface area (Å²) >= 11 is 0. The van der Waals surface area contributed by atoms with Crippen molar-refractivity contribution in [3.8, 4) is 0 Å². The van der Waals surface area contributed by atoms with E-state index in [9.17, 15) is 60.7 Å². The van der Waals surface area contributed by atoms with E-state index in [-0.39, 0.29) is 50.9 Å². The second-order valence-electron chi connectivity index (χ2n) is 17.5. The molecule has 2 fully saturated rings. The van der Waals surface area contributed by atoms with Crippen molar-refractivity contribution in [2.75, 3.05) is 7.11 Å². The third-order valence-electron chi connectivity index (χ3n) is 12.2. The fourth-order valence-electron chi connectivity index (χ4n) is 8.05. The zero-order chi connectivity index (χ0) is 48.3. The maximum atomic E-state index is 12.6. The number of aliphatic hydroxyl groups excluding tert-OH is 9. The first kappa shape index (κ1) is 55.9. The molecule has 0 amide bonds. The number of hydrogen-bond acceptors (Lipinski definition) is 16. The molecule has 3 aliphatic heterocycles. The van der Waals surface area contributed by atoms with E-state index in [1.807, 2.05) is 49.5 Å². The van der Waals surface area contributed by atoms with Crippen LogP contribution in [0.2, 0.25) is 0 Å². The summed E-state index contributed by atoms with van der Waals surface area (Å²) in [5, 5.41) is 107. The van der Waals surface area contributed by atoms with Crippen molar-refractivity contribution >= 4 is 11.9 Å². The summed E-state index contributed by atoms with van der Waals surface area (Å²) in [6.07, 6.45) is 6.43. The predicted molar refractivity (Wildman–Crippen MR) is 238 cm³/mol. The lowest BCUT2D eigenvalue weighted by Crippen LogP contribution is -2.57. The molecular weight excluding hydrogens is 849 g/mol. The number of aliphatic carboxylic acids is 1. The van der Waals surface area contributed by atoms with E-state index in [1.54, 1.807) is 63.3 Å². The zero-order valence-corrected chi connectivity index (χ0v) is 38.1. The highest BCUT2D eigenvalue weighted by Crippen LogP contribution is 2.40. The normalized spacial score (nSPS) is 44.3. The molecule has 2 saturated heterocycles. The number of carbonyl (C=O) groups is 2. The summed E-state index contributed by atoms with van der Waals surface area (Å²) in [6, 6.07) is 0. The monoisotopic (exact) mass is 922 g/mol. The molecule has 18 atom stereocenters. The van der Waals surface area contributed by atoms with Gasteiger partial charge in [0, 0.05) is 51.0 Å². The molecule has 10 unspecified atom stereocenters. The van der Waals surface area contributed by atoms with Crippen molar-refractivity contribution < 1.29 is 84.3 Å². The van der Waals surface area contributed by atoms with Crippen LogP contribution in [0.15, 0.2) is 85.1 Å². The third-order valence-corrected chi connectivity index (χ3v) is 12.2. The number of aliphatic hydroxyl groups is 9. The maximum Gasteiger partial charge on any atom is 0.311 e. The smallest absolute Gasteiger partial charge is 0.311 e. The van der Waals surface area contributed by atoms with Crippen LogP contribution in [0.4, 0.5) is 0 Å². The highest BCUT2D eigenvalue weighted by Gasteiger charge is 2.51. The average molecular weight is 923 g/mol. The van der Waals surface area contributed by atoms with Crippen LogP contribution in [0.25, 0.3) is 0 Å². The molecule has 3 rings (SSSR count). The number of carboxylic acids is 1. The molecule has 0 aliphatic carbocycles. The van der Waals surface area contributed by atoms with Gasteiger partial charge in [-0.1, -0.05) is 98.9 Å². The first-order valence-corrected chi connectivity index (χ1v) is 22.5. The topological polar surface area (TPSA) is 283 Å². The predicted octanol–water partition coefficient (Wildman–Crippen LogP) is 2.43. The minimum Gasteiger partial charge on any atom is -0.481 e. The van der Waals surface area contributed by atoms with Gasteiger partial charge in [-0.05, 0) is 33.1 Å². The van der Waals surface area contributed by atoms with E-state index in [2.05, 4.69) is 0 Å². The second kappa shape index (κ2) is 28.1. The molecule has 0 aromatic heterocycles. The summed E-state index contributed by atoms with van der Waals surface area (Å²) in [6.45, 7) is 6.86. The molecule has 0 radical (unpaired) electrons. The molecule has 0 aromatic rings. The van der Waals surface area contributed by atoms with E-state index < -0.39 is 128 Å². The number of methoxy groups -OCH3 is 1. The van der Waals surface area contributed by atoms with Crippen molar-refractivity contribution in [3.63, 3.8) is 0 Å². The van der Waals surface area contributed by atoms with Crippen LogP contribution in [0.1, 0.15) is 85.5 Å². The molecule has 368 valence electrons. The van der Waals surface area contributed by atoms with Crippen LogP contribution < -0.4 is 0 Å². The SMILES string of the molecule is COC12CC(O)CC(O)C(O)CCC(O)CC(O)CC(=O)O[C@@H](C)[C@H](C)C(O)[C@@H](C)/C=C/C=C/C=C/C=C/C=C/C=C/C=C/C(OC3O[C@H](C)[C@@H](O)C[C@@H]3O)C[C@H](O1)C(C(=O)O)[C@@H](O)C2. The Hall–Kier alpha value is -3.40. The fraction of sp³-hybridized carbons (Fsp3) is 0.667. The van der Waals surface area contributed by atoms with Gasteiger partial charge < -0.3 is 74.7 Å². The van der Waals surface area contributed by atoms with Gasteiger partial charge in [-0.25, -0.2) is 0 Å². The summed E-state index contributed by atoms with van der Waals surface area (Å²) < 4.78 is 29.4. The van der Waals surface area contributed by atoms with Crippen LogP contribution in [0, 0.1) is 17.8 Å². The molecule has 0 aromatic carbocycles. The standard InChI is InChI=1S/C48H74O17/c1-29-18-16-14-12-10-8-6-7-9-11-13-15-17-19-36(64-47-40(55)26-38(53)32(4)63-47)25-42-44(46(59)60)41(56)28-48(61-5,65-42)27-35(51)23-39(54)37(52)21-20-33(49)22-34(50)24-43(57)62-31(3)30(2)45(29)58/h6-19,29-42,44-45,47,49-56,58H,20-28H2,1-5H3,(H,59,60)/b7-6+,10-8+,11-9+,14-12+,15-13+,18-16+,19-17+/t29-,30-,31-,32+,33?,34?,35?,36?,37?,38-,39?,40-,41-,42-,44?,45?,47?,48?/m0/s1. The fourth-order valence-corrected chi connectivity index (χ4v) is 8.05. The Balaban J connectivity index is 1.87. The van der Waals surface area contributed by atoms with E-state index in [1.165, 1.54) is 7.11 Å². The Labute approximate surface area is 382 Å². The van der Waals surface area contributed by atoms with Crippen molar-refractivity contribution in [2.45, 2.75) is 177 Å². The molecule has 2 bridgehead atoms. The number of hydrogen-bond donors (Lipinski definition) is 10. The van der Waals surface area contributed by atoms with E-state index in [0.29, 0.717) is 0 Å². The van der Waals surface area contributed by atoms with Crippen LogP contribution in [-0.2, 0) is 33.3 Å². The number of cyclic esters (lactones) is 1. The lowest BCUT2D eigenvalue weighted by atomic mass is 9.82. The van der Waals surface area contributed by atoms with Crippen LogP contribution in [0.5, 0.6) is 0 Å². The average Bonchev–Trinajstić information content (AvgIpc) is 3.23. The maximum absolute atomic E-state index is 12.6. The van der Waals surface area contributed by atoms with Gasteiger partial charge in [-0.3, -0.25) is 9.59 Å². The van der Waals surface area contributed by atoms with Crippen molar-refractivity contribution in [1.29, 1.82) is 0 Å². The van der Waals surface area contributed by atoms with Crippen LogP contribution in [0.3, 0.4) is 0 Å². The molecule has 3 aliphatic rings. The largest absolute Gasteiger partial charge is 0.481 e. The Kier molecular flexibility index (Phi) is 24.1. The van der Waals surface area contributed by atoms with Gasteiger partial charge >= 0.3 is 11.9 Å². The number of fused-ring (bicyclic) bond motifs is 2. The lowest BCUT2D eigenvalue weighted by Gasteiger charge is -2.46. The van der Waals surface area contributed by atoms with Gasteiger partial charge in [0.1, 0.15) is 18.1 Å². The molecule has 10 N–H and O–H groups in total. The summed E-state index contributed by atoms with van der Waals surface area (Å²) in [4.78, 5) is 25.2.